The summed E-state index contributed by atoms with van der Waals surface area (Å²) in [6, 6.07) is 0. The first-order valence-corrected chi connectivity index (χ1v) is 7.16. The highest BCUT2D eigenvalue weighted by Crippen LogP contribution is 2.22. The number of ether oxygens (including phenoxy) is 1. The molecule has 0 bridgehead atoms. The highest BCUT2D eigenvalue weighted by atomic mass is 16.5. The number of nitrogens with one attached hydrogen (secondary N) is 1. The molecule has 2 heterocycles. The van der Waals surface area contributed by atoms with Crippen molar-refractivity contribution >= 4 is 5.95 Å². The van der Waals surface area contributed by atoms with Crippen LogP contribution in [0.5, 0.6) is 0 Å². The zero-order valence-electron chi connectivity index (χ0n) is 12.3. The van der Waals surface area contributed by atoms with Gasteiger partial charge in [-0.3, -0.25) is 0 Å². The lowest BCUT2D eigenvalue weighted by molar-refractivity contribution is -0.0574. The number of likely N-dealkylation sites (N-methyl/N-ethyl adjacent to an activating group) is 1. The third kappa shape index (κ3) is 4.13. The Labute approximate surface area is 120 Å². The van der Waals surface area contributed by atoms with Crippen molar-refractivity contribution in [1.29, 1.82) is 0 Å². The molecule has 112 valence electrons. The minimum absolute atomic E-state index is 0.531. The number of anilines is 1. The number of aliphatic hydroxyl groups is 1. The van der Waals surface area contributed by atoms with Crippen LogP contribution in [0.3, 0.4) is 0 Å². The van der Waals surface area contributed by atoms with E-state index in [1.807, 2.05) is 24.3 Å². The van der Waals surface area contributed by atoms with E-state index < -0.39 is 5.60 Å². The van der Waals surface area contributed by atoms with E-state index >= 15 is 0 Å². The van der Waals surface area contributed by atoms with Gasteiger partial charge in [0.25, 0.3) is 0 Å². The Morgan fingerprint density at radius 1 is 1.35 bits per heavy atom. The molecule has 1 aliphatic rings. The zero-order valence-corrected chi connectivity index (χ0v) is 12.3. The largest absolute Gasteiger partial charge is 0.388 e. The lowest BCUT2D eigenvalue weighted by Crippen LogP contribution is -2.46. The van der Waals surface area contributed by atoms with Gasteiger partial charge >= 0.3 is 0 Å². The molecule has 0 radical (unpaired) electrons. The fourth-order valence-corrected chi connectivity index (χ4v) is 2.33. The highest BCUT2D eigenvalue weighted by molar-refractivity contribution is 5.29. The Kier molecular flexibility index (Phi) is 5.28. The van der Waals surface area contributed by atoms with Crippen LogP contribution in [-0.4, -0.2) is 54.0 Å². The maximum absolute atomic E-state index is 10.5. The summed E-state index contributed by atoms with van der Waals surface area (Å²) >= 11 is 0. The van der Waals surface area contributed by atoms with Crippen LogP contribution in [0.4, 0.5) is 5.95 Å². The molecule has 6 heteroatoms. The number of rotatable bonds is 6. The Morgan fingerprint density at radius 3 is 2.60 bits per heavy atom. The molecule has 1 aromatic heterocycles. The van der Waals surface area contributed by atoms with Gasteiger partial charge in [-0.05, 0) is 6.54 Å². The van der Waals surface area contributed by atoms with Crippen LogP contribution in [0.1, 0.15) is 25.3 Å². The third-order valence-corrected chi connectivity index (χ3v) is 3.57. The van der Waals surface area contributed by atoms with Crippen LogP contribution in [-0.2, 0) is 11.3 Å². The second-order valence-electron chi connectivity index (χ2n) is 5.36. The molecule has 0 amide bonds. The second-order valence-corrected chi connectivity index (χ2v) is 5.36. The molecule has 1 aromatic rings. The SMILES string of the molecule is CCNCc1cnc(N(C)CC2(O)CCOCC2)nc1. The molecule has 0 atom stereocenters. The van der Waals surface area contributed by atoms with Gasteiger partial charge in [-0.15, -0.1) is 0 Å². The van der Waals surface area contributed by atoms with E-state index in [0.717, 1.165) is 18.7 Å². The van der Waals surface area contributed by atoms with E-state index in [9.17, 15) is 5.11 Å². The van der Waals surface area contributed by atoms with Gasteiger partial charge in [0.1, 0.15) is 0 Å². The zero-order chi connectivity index (χ0) is 14.4. The van der Waals surface area contributed by atoms with Gasteiger partial charge in [0.2, 0.25) is 5.95 Å². The minimum Gasteiger partial charge on any atom is -0.388 e. The van der Waals surface area contributed by atoms with Crippen LogP contribution < -0.4 is 10.2 Å². The standard InChI is InChI=1S/C14H24N4O2/c1-3-15-8-12-9-16-13(17-10-12)18(2)11-14(19)4-6-20-7-5-14/h9-10,15,19H,3-8,11H2,1-2H3. The van der Waals surface area contributed by atoms with E-state index in [1.165, 1.54) is 0 Å². The van der Waals surface area contributed by atoms with Crippen LogP contribution in [0.25, 0.3) is 0 Å². The van der Waals surface area contributed by atoms with Crippen LogP contribution >= 0.6 is 0 Å². The van der Waals surface area contributed by atoms with E-state index in [4.69, 9.17) is 4.74 Å². The van der Waals surface area contributed by atoms with E-state index in [1.54, 1.807) is 0 Å². The maximum atomic E-state index is 10.5. The van der Waals surface area contributed by atoms with Gasteiger partial charge < -0.3 is 20.1 Å². The smallest absolute Gasteiger partial charge is 0.225 e. The quantitative estimate of drug-likeness (QED) is 0.793. The van der Waals surface area contributed by atoms with E-state index in [0.29, 0.717) is 38.5 Å². The molecule has 2 N–H and O–H groups in total. The molecule has 0 aliphatic carbocycles. The first-order valence-electron chi connectivity index (χ1n) is 7.16. The van der Waals surface area contributed by atoms with Crippen molar-refractivity contribution in [3.05, 3.63) is 18.0 Å². The Hall–Kier alpha value is -1.24. The predicted octanol–water partition coefficient (Wildman–Crippen LogP) is 0.564. The second kappa shape index (κ2) is 6.97. The first-order chi connectivity index (χ1) is 9.63. The summed E-state index contributed by atoms with van der Waals surface area (Å²) < 4.78 is 5.29. The summed E-state index contributed by atoms with van der Waals surface area (Å²) in [5.41, 5.74) is 0.368. The molecule has 0 unspecified atom stereocenters. The normalized spacial score (nSPS) is 17.9. The molecular weight excluding hydrogens is 256 g/mol. The highest BCUT2D eigenvalue weighted by Gasteiger charge is 2.31. The van der Waals surface area contributed by atoms with Gasteiger partial charge in [0.05, 0.1) is 5.60 Å². The van der Waals surface area contributed by atoms with Crippen molar-refractivity contribution in [3.63, 3.8) is 0 Å². The average molecular weight is 280 g/mol. The summed E-state index contributed by atoms with van der Waals surface area (Å²) in [4.78, 5) is 10.6. The summed E-state index contributed by atoms with van der Waals surface area (Å²) in [5, 5.41) is 13.7. The number of hydrogen-bond donors (Lipinski definition) is 2. The van der Waals surface area contributed by atoms with Crippen molar-refractivity contribution in [2.24, 2.45) is 0 Å². The molecule has 0 spiro atoms. The van der Waals surface area contributed by atoms with Crippen molar-refractivity contribution < 1.29 is 9.84 Å². The predicted molar refractivity (Wildman–Crippen MR) is 77.7 cm³/mol. The Morgan fingerprint density at radius 2 is 2.00 bits per heavy atom. The number of nitrogens with zero attached hydrogens (tertiary/aromatic N) is 3. The average Bonchev–Trinajstić information content (AvgIpc) is 2.46. The van der Waals surface area contributed by atoms with Gasteiger partial charge in [-0.1, -0.05) is 6.92 Å². The molecule has 0 aromatic carbocycles. The number of hydrogen-bond acceptors (Lipinski definition) is 6. The summed E-state index contributed by atoms with van der Waals surface area (Å²) in [5.74, 6) is 0.644. The van der Waals surface area contributed by atoms with E-state index in [2.05, 4.69) is 22.2 Å². The summed E-state index contributed by atoms with van der Waals surface area (Å²) in [7, 11) is 1.91. The minimum atomic E-state index is -0.696. The van der Waals surface area contributed by atoms with Crippen molar-refractivity contribution in [1.82, 2.24) is 15.3 Å². The fourth-order valence-electron chi connectivity index (χ4n) is 2.33. The molecule has 20 heavy (non-hydrogen) atoms. The molecule has 1 fully saturated rings. The molecule has 1 saturated heterocycles. The van der Waals surface area contributed by atoms with Crippen molar-refractivity contribution in [2.45, 2.75) is 31.9 Å². The molecular formula is C14H24N4O2. The summed E-state index contributed by atoms with van der Waals surface area (Å²) in [6.45, 7) is 5.54. The topological polar surface area (TPSA) is 70.5 Å². The van der Waals surface area contributed by atoms with Gasteiger partial charge in [-0.2, -0.15) is 0 Å². The fraction of sp³-hybridized carbons (Fsp3) is 0.714. The van der Waals surface area contributed by atoms with Gasteiger partial charge in [0, 0.05) is 64.1 Å². The molecule has 0 saturated carbocycles. The molecule has 6 nitrogen and oxygen atoms in total. The molecule has 2 rings (SSSR count). The number of aromatic nitrogens is 2. The van der Waals surface area contributed by atoms with Crippen LogP contribution in [0.2, 0.25) is 0 Å². The van der Waals surface area contributed by atoms with Crippen LogP contribution in [0.15, 0.2) is 12.4 Å². The lowest BCUT2D eigenvalue weighted by Gasteiger charge is -2.35. The monoisotopic (exact) mass is 280 g/mol. The summed E-state index contributed by atoms with van der Waals surface area (Å²) in [6.07, 6.45) is 4.98. The van der Waals surface area contributed by atoms with Gasteiger partial charge in [-0.25, -0.2) is 9.97 Å². The first kappa shape index (κ1) is 15.2. The third-order valence-electron chi connectivity index (χ3n) is 3.57. The van der Waals surface area contributed by atoms with E-state index in [-0.39, 0.29) is 0 Å². The maximum Gasteiger partial charge on any atom is 0.225 e. The van der Waals surface area contributed by atoms with Crippen LogP contribution in [0, 0.1) is 0 Å². The van der Waals surface area contributed by atoms with Crippen molar-refractivity contribution in [3.8, 4) is 0 Å². The van der Waals surface area contributed by atoms with Gasteiger partial charge in [0.15, 0.2) is 0 Å². The lowest BCUT2D eigenvalue weighted by atomic mass is 9.94. The van der Waals surface area contributed by atoms with Crippen molar-refractivity contribution in [2.75, 3.05) is 38.3 Å². The Balaban J connectivity index is 1.92. The molecule has 1 aliphatic heterocycles. The Bertz CT molecular complexity index is 404.